The molecule has 3 aromatic rings. The fraction of sp³-hybridized carbons (Fsp3) is 0.389. The highest BCUT2D eigenvalue weighted by Gasteiger charge is 2.16. The number of benzene rings is 1. The number of H-pyrrole nitrogens is 1. The molecule has 0 aliphatic carbocycles. The van der Waals surface area contributed by atoms with E-state index in [-0.39, 0.29) is 5.56 Å². The number of anilines is 1. The molecule has 7 heteroatoms. The number of aryl methyl sites for hydroxylation is 1. The Balaban J connectivity index is 1.59. The second-order valence-electron chi connectivity index (χ2n) is 6.38. The molecule has 0 bridgehead atoms. The van der Waals surface area contributed by atoms with Crippen LogP contribution in [0.15, 0.2) is 35.1 Å². The van der Waals surface area contributed by atoms with E-state index in [0.29, 0.717) is 11.6 Å². The van der Waals surface area contributed by atoms with Crippen LogP contribution in [0.1, 0.15) is 12.7 Å². The summed E-state index contributed by atoms with van der Waals surface area (Å²) in [4.78, 5) is 24.5. The van der Waals surface area contributed by atoms with Crippen LogP contribution < -0.4 is 10.5 Å². The highest BCUT2D eigenvalue weighted by molar-refractivity contribution is 5.64. The minimum absolute atomic E-state index is 0.177. The van der Waals surface area contributed by atoms with Gasteiger partial charge in [-0.3, -0.25) is 4.79 Å². The molecule has 3 heterocycles. The third kappa shape index (κ3) is 3.02. The van der Waals surface area contributed by atoms with Crippen LogP contribution in [-0.2, 0) is 0 Å². The average Bonchev–Trinajstić information content (AvgIpc) is 3.03. The van der Waals surface area contributed by atoms with Crippen molar-refractivity contribution in [1.82, 2.24) is 24.5 Å². The van der Waals surface area contributed by atoms with Gasteiger partial charge in [0.1, 0.15) is 5.82 Å². The van der Waals surface area contributed by atoms with Crippen LogP contribution in [0.2, 0.25) is 0 Å². The summed E-state index contributed by atoms with van der Waals surface area (Å²) >= 11 is 0. The van der Waals surface area contributed by atoms with Gasteiger partial charge in [0.05, 0.1) is 5.69 Å². The molecule has 0 atom stereocenters. The first-order valence-corrected chi connectivity index (χ1v) is 8.68. The predicted octanol–water partition coefficient (Wildman–Crippen LogP) is 1.53. The molecule has 1 aliphatic rings. The summed E-state index contributed by atoms with van der Waals surface area (Å²) in [5.74, 6) is 1.05. The van der Waals surface area contributed by atoms with E-state index in [9.17, 15) is 4.79 Å². The van der Waals surface area contributed by atoms with Crippen LogP contribution in [0.4, 0.5) is 5.69 Å². The van der Waals surface area contributed by atoms with Crippen molar-refractivity contribution in [2.75, 3.05) is 37.6 Å². The number of nitrogens with one attached hydrogen (secondary N) is 1. The minimum atomic E-state index is -0.177. The molecular formula is C18H22N6O. The number of fused-ring (bicyclic) bond motifs is 1. The summed E-state index contributed by atoms with van der Waals surface area (Å²) in [6.07, 6.45) is 0. The molecule has 1 aliphatic heterocycles. The summed E-state index contributed by atoms with van der Waals surface area (Å²) in [6.45, 7) is 9.41. The Hall–Kier alpha value is -2.67. The predicted molar refractivity (Wildman–Crippen MR) is 98.1 cm³/mol. The summed E-state index contributed by atoms with van der Waals surface area (Å²) in [5, 5.41) is 4.09. The first-order chi connectivity index (χ1) is 12.1. The van der Waals surface area contributed by atoms with Gasteiger partial charge in [0.2, 0.25) is 5.78 Å². The first kappa shape index (κ1) is 15.8. The van der Waals surface area contributed by atoms with Crippen molar-refractivity contribution in [3.05, 3.63) is 46.5 Å². The molecule has 1 aromatic carbocycles. The summed E-state index contributed by atoms with van der Waals surface area (Å²) in [6, 6.07) is 9.90. The molecule has 4 rings (SSSR count). The summed E-state index contributed by atoms with van der Waals surface area (Å²) < 4.78 is 1.29. The molecule has 7 nitrogen and oxygen atoms in total. The van der Waals surface area contributed by atoms with Crippen molar-refractivity contribution < 1.29 is 0 Å². The van der Waals surface area contributed by atoms with Crippen molar-refractivity contribution in [3.63, 3.8) is 0 Å². The van der Waals surface area contributed by atoms with Gasteiger partial charge in [0.15, 0.2) is 0 Å². The fourth-order valence-electron chi connectivity index (χ4n) is 3.32. The highest BCUT2D eigenvalue weighted by atomic mass is 16.1. The molecule has 0 radical (unpaired) electrons. The van der Waals surface area contributed by atoms with Gasteiger partial charge in [-0.25, -0.2) is 0 Å². The Bertz CT molecular complexity index is 934. The van der Waals surface area contributed by atoms with Gasteiger partial charge in [-0.05, 0) is 31.2 Å². The Labute approximate surface area is 145 Å². The number of nitrogens with zero attached hydrogens (tertiary/aromatic N) is 5. The molecule has 1 saturated heterocycles. The van der Waals surface area contributed by atoms with Crippen molar-refractivity contribution in [2.24, 2.45) is 0 Å². The number of hydrogen-bond donors (Lipinski definition) is 1. The second kappa shape index (κ2) is 6.33. The Morgan fingerprint density at radius 3 is 2.52 bits per heavy atom. The van der Waals surface area contributed by atoms with E-state index in [0.717, 1.165) is 44.0 Å². The van der Waals surface area contributed by atoms with E-state index < -0.39 is 0 Å². The van der Waals surface area contributed by atoms with Crippen LogP contribution in [0.5, 0.6) is 0 Å². The van der Waals surface area contributed by atoms with E-state index >= 15 is 0 Å². The average molecular weight is 338 g/mol. The molecule has 0 amide bonds. The zero-order valence-corrected chi connectivity index (χ0v) is 14.6. The SMILES string of the molecule is CCN1CCN(c2ccc(-c3cc(=O)n4nc(C)nc4[nH]3)cc2)CC1. The maximum absolute atomic E-state index is 12.2. The number of likely N-dealkylation sites (N-methyl/N-ethyl adjacent to an activating group) is 1. The van der Waals surface area contributed by atoms with Gasteiger partial charge in [-0.1, -0.05) is 19.1 Å². The van der Waals surface area contributed by atoms with Gasteiger partial charge in [-0.15, -0.1) is 5.10 Å². The van der Waals surface area contributed by atoms with Crippen molar-refractivity contribution >= 4 is 11.5 Å². The lowest BCUT2D eigenvalue weighted by Gasteiger charge is -2.35. The lowest BCUT2D eigenvalue weighted by molar-refractivity contribution is 0.271. The van der Waals surface area contributed by atoms with Crippen LogP contribution in [-0.4, -0.2) is 57.2 Å². The maximum Gasteiger partial charge on any atom is 0.276 e. The van der Waals surface area contributed by atoms with Crippen LogP contribution in [0, 0.1) is 6.92 Å². The summed E-state index contributed by atoms with van der Waals surface area (Å²) in [5.41, 5.74) is 2.77. The van der Waals surface area contributed by atoms with Crippen molar-refractivity contribution in [3.8, 4) is 11.3 Å². The van der Waals surface area contributed by atoms with Crippen LogP contribution in [0.25, 0.3) is 17.0 Å². The van der Waals surface area contributed by atoms with Crippen molar-refractivity contribution in [1.29, 1.82) is 0 Å². The number of aromatic nitrogens is 4. The van der Waals surface area contributed by atoms with Crippen LogP contribution in [0.3, 0.4) is 0 Å². The molecule has 0 unspecified atom stereocenters. The van der Waals surface area contributed by atoms with Gasteiger partial charge in [0.25, 0.3) is 5.56 Å². The Morgan fingerprint density at radius 2 is 1.84 bits per heavy atom. The van der Waals surface area contributed by atoms with Crippen molar-refractivity contribution in [2.45, 2.75) is 13.8 Å². The fourth-order valence-corrected chi connectivity index (χ4v) is 3.32. The smallest absolute Gasteiger partial charge is 0.276 e. The molecule has 1 fully saturated rings. The van der Waals surface area contributed by atoms with E-state index in [2.05, 4.69) is 43.9 Å². The monoisotopic (exact) mass is 338 g/mol. The van der Waals surface area contributed by atoms with Gasteiger partial charge < -0.3 is 14.8 Å². The normalized spacial score (nSPS) is 15.8. The molecular weight excluding hydrogens is 316 g/mol. The summed E-state index contributed by atoms with van der Waals surface area (Å²) in [7, 11) is 0. The lowest BCUT2D eigenvalue weighted by Crippen LogP contribution is -2.46. The first-order valence-electron chi connectivity index (χ1n) is 8.68. The molecule has 0 spiro atoms. The van der Waals surface area contributed by atoms with E-state index in [4.69, 9.17) is 0 Å². The van der Waals surface area contributed by atoms with Gasteiger partial charge in [0, 0.05) is 37.9 Å². The number of hydrogen-bond acceptors (Lipinski definition) is 5. The molecule has 130 valence electrons. The zero-order chi connectivity index (χ0) is 17.4. The van der Waals surface area contributed by atoms with E-state index in [1.165, 1.54) is 10.2 Å². The Morgan fingerprint density at radius 1 is 1.12 bits per heavy atom. The molecule has 25 heavy (non-hydrogen) atoms. The lowest BCUT2D eigenvalue weighted by atomic mass is 10.1. The second-order valence-corrected chi connectivity index (χ2v) is 6.38. The molecule has 2 aromatic heterocycles. The molecule has 1 N–H and O–H groups in total. The van der Waals surface area contributed by atoms with Crippen LogP contribution >= 0.6 is 0 Å². The molecule has 0 saturated carbocycles. The number of aromatic amines is 1. The number of piperazine rings is 1. The maximum atomic E-state index is 12.2. The largest absolute Gasteiger partial charge is 0.369 e. The minimum Gasteiger partial charge on any atom is -0.369 e. The highest BCUT2D eigenvalue weighted by Crippen LogP contribution is 2.22. The zero-order valence-electron chi connectivity index (χ0n) is 14.6. The van der Waals surface area contributed by atoms with E-state index in [1.54, 1.807) is 13.0 Å². The Kier molecular flexibility index (Phi) is 4.01. The number of rotatable bonds is 3. The topological polar surface area (TPSA) is 69.5 Å². The third-order valence-electron chi connectivity index (χ3n) is 4.80. The van der Waals surface area contributed by atoms with Gasteiger partial charge >= 0.3 is 0 Å². The third-order valence-corrected chi connectivity index (χ3v) is 4.80. The van der Waals surface area contributed by atoms with E-state index in [1.807, 2.05) is 12.1 Å². The standard InChI is InChI=1S/C18H22N6O/c1-3-22-8-10-23(11-9-22)15-6-4-14(5-7-15)16-12-17(25)24-18(20-16)19-13(2)21-24/h4-7,12H,3,8-11H2,1-2H3,(H,19,20,21). The van der Waals surface area contributed by atoms with Gasteiger partial charge in [-0.2, -0.15) is 9.50 Å². The quantitative estimate of drug-likeness (QED) is 0.784.